The first kappa shape index (κ1) is 36.5. The number of likely N-dealkylation sites (N-methyl/N-ethyl adjacent to an activating group) is 2. The summed E-state index contributed by atoms with van der Waals surface area (Å²) < 4.78 is 81.3. The molecule has 1 aliphatic rings. The highest BCUT2D eigenvalue weighted by Crippen LogP contribution is 2.41. The average Bonchev–Trinajstić information content (AvgIpc) is 2.91. The molecule has 0 unspecified atom stereocenters. The lowest BCUT2D eigenvalue weighted by atomic mass is 9.81. The third kappa shape index (κ3) is 7.87. The lowest BCUT2D eigenvalue weighted by molar-refractivity contribution is -0.143. The van der Waals surface area contributed by atoms with E-state index in [1.165, 1.54) is 32.0 Å². The van der Waals surface area contributed by atoms with E-state index in [2.05, 4.69) is 14.8 Å². The lowest BCUT2D eigenvalue weighted by Gasteiger charge is -2.34. The van der Waals surface area contributed by atoms with Gasteiger partial charge in [-0.2, -0.15) is 26.3 Å². The van der Waals surface area contributed by atoms with Gasteiger partial charge < -0.3 is 14.7 Å². The van der Waals surface area contributed by atoms with Crippen LogP contribution in [0, 0.1) is 0 Å². The Labute approximate surface area is 263 Å². The van der Waals surface area contributed by atoms with Gasteiger partial charge in [0.1, 0.15) is 5.82 Å². The Hall–Kier alpha value is -2.73. The first-order valence-corrected chi connectivity index (χ1v) is 13.1. The third-order valence-corrected chi connectivity index (χ3v) is 7.70. The molecule has 5 nitrogen and oxygen atoms in total. The summed E-state index contributed by atoms with van der Waals surface area (Å²) in [7, 11) is 3.43. The second-order valence-electron chi connectivity index (χ2n) is 10.6. The first-order chi connectivity index (χ1) is 19.0. The summed E-state index contributed by atoms with van der Waals surface area (Å²) in [6, 6.07) is 9.99. The van der Waals surface area contributed by atoms with Crippen molar-refractivity contribution in [3.8, 4) is 11.1 Å². The summed E-state index contributed by atoms with van der Waals surface area (Å²) in [4.78, 5) is 23.9. The number of nitrogens with zero attached hydrogens (tertiary/aromatic N) is 4. The average molecular weight is 672 g/mol. The molecule has 2 heterocycles. The van der Waals surface area contributed by atoms with Gasteiger partial charge >= 0.3 is 12.4 Å². The smallest absolute Gasteiger partial charge is 0.354 e. The minimum Gasteiger partial charge on any atom is -0.354 e. The van der Waals surface area contributed by atoms with Gasteiger partial charge in [0.05, 0.1) is 28.4 Å². The fourth-order valence-electron chi connectivity index (χ4n) is 4.78. The van der Waals surface area contributed by atoms with E-state index in [0.29, 0.717) is 39.8 Å². The van der Waals surface area contributed by atoms with Crippen LogP contribution in [0.4, 0.5) is 37.8 Å². The van der Waals surface area contributed by atoms with Crippen LogP contribution < -0.4 is 9.80 Å². The summed E-state index contributed by atoms with van der Waals surface area (Å²) in [5.41, 5.74) is -3.72. The number of carbonyl (C=O) groups is 1. The van der Waals surface area contributed by atoms with Crippen LogP contribution in [0.15, 0.2) is 54.7 Å². The summed E-state index contributed by atoms with van der Waals surface area (Å²) in [6.45, 7) is 5.70. The van der Waals surface area contributed by atoms with E-state index < -0.39 is 40.4 Å². The number of benzene rings is 2. The maximum absolute atomic E-state index is 13.9. The molecule has 14 heteroatoms. The van der Waals surface area contributed by atoms with Crippen molar-refractivity contribution in [3.05, 3.63) is 76.4 Å². The van der Waals surface area contributed by atoms with Crippen molar-refractivity contribution in [2.24, 2.45) is 0 Å². The van der Waals surface area contributed by atoms with Gasteiger partial charge in [-0.1, -0.05) is 29.8 Å². The Kier molecular flexibility index (Phi) is 11.4. The number of hydrogen-bond donors (Lipinski definition) is 0. The fourth-order valence-corrected chi connectivity index (χ4v) is 5.01. The van der Waals surface area contributed by atoms with Crippen molar-refractivity contribution in [2.45, 2.75) is 31.6 Å². The molecule has 0 aliphatic carbocycles. The number of pyridine rings is 1. The van der Waals surface area contributed by atoms with Crippen molar-refractivity contribution >= 4 is 53.8 Å². The number of anilines is 2. The van der Waals surface area contributed by atoms with Crippen LogP contribution in [-0.4, -0.2) is 56.1 Å². The van der Waals surface area contributed by atoms with Crippen molar-refractivity contribution in [3.63, 3.8) is 0 Å². The highest BCUT2D eigenvalue weighted by atomic mass is 35.5. The second-order valence-corrected chi connectivity index (χ2v) is 11.0. The van der Waals surface area contributed by atoms with E-state index in [1.807, 2.05) is 7.05 Å². The van der Waals surface area contributed by atoms with E-state index in [1.54, 1.807) is 30.3 Å². The normalized spacial score (nSPS) is 14.5. The lowest BCUT2D eigenvalue weighted by Crippen LogP contribution is -2.45. The van der Waals surface area contributed by atoms with Gasteiger partial charge in [-0.05, 0) is 56.8 Å². The standard InChI is InChI=1S/C29H29ClF6N4O.2ClH/c1-27(2,18-13-19(28(31,32)33)15-20(14-18)29(34,35)36)26(41)39(4)24-17-37-25(40-11-9-38(3)10-12-40)16-22(24)21-7-5-6-8-23(21)30;;/h5-8,13-17H,9-12H2,1-4H3;2*1H. The van der Waals surface area contributed by atoms with Crippen LogP contribution >= 0.6 is 36.4 Å². The molecule has 0 saturated carbocycles. The Morgan fingerprint density at radius 1 is 0.837 bits per heavy atom. The van der Waals surface area contributed by atoms with Crippen molar-refractivity contribution in [1.82, 2.24) is 9.88 Å². The molecule has 0 atom stereocenters. The number of amides is 1. The number of halogens is 9. The number of carbonyl (C=O) groups excluding carboxylic acids is 1. The van der Waals surface area contributed by atoms with E-state index in [9.17, 15) is 31.1 Å². The van der Waals surface area contributed by atoms with Crippen molar-refractivity contribution < 1.29 is 31.1 Å². The molecule has 0 radical (unpaired) electrons. The Morgan fingerprint density at radius 2 is 1.35 bits per heavy atom. The molecule has 0 N–H and O–H groups in total. The molecule has 3 aromatic rings. The molecule has 1 amide bonds. The monoisotopic (exact) mass is 670 g/mol. The molecular formula is C29H31Cl3F6N4O. The maximum Gasteiger partial charge on any atom is 0.416 e. The van der Waals surface area contributed by atoms with E-state index in [-0.39, 0.29) is 30.9 Å². The van der Waals surface area contributed by atoms with E-state index in [4.69, 9.17) is 11.6 Å². The predicted molar refractivity (Wildman–Crippen MR) is 162 cm³/mol. The number of rotatable bonds is 5. The predicted octanol–water partition coefficient (Wildman–Crippen LogP) is 7.98. The van der Waals surface area contributed by atoms with E-state index in [0.717, 1.165) is 26.2 Å². The van der Waals surface area contributed by atoms with Crippen LogP contribution in [0.25, 0.3) is 11.1 Å². The summed E-state index contributed by atoms with van der Waals surface area (Å²) in [5, 5.41) is 0.400. The molecule has 1 fully saturated rings. The molecule has 4 rings (SSSR count). The molecular weight excluding hydrogens is 641 g/mol. The first-order valence-electron chi connectivity index (χ1n) is 12.8. The SMILES string of the molecule is CN1CCN(c2cc(-c3ccccc3Cl)c(N(C)C(=O)C(C)(C)c3cc(C(F)(F)F)cc(C(F)(F)F)c3)cn2)CC1.Cl.Cl. The molecule has 43 heavy (non-hydrogen) atoms. The Bertz CT molecular complexity index is 1410. The maximum atomic E-state index is 13.9. The largest absolute Gasteiger partial charge is 0.416 e. The van der Waals surface area contributed by atoms with Gasteiger partial charge in [-0.15, -0.1) is 24.8 Å². The molecule has 2 aromatic carbocycles. The summed E-state index contributed by atoms with van der Waals surface area (Å²) >= 11 is 6.52. The van der Waals surface area contributed by atoms with E-state index >= 15 is 0 Å². The summed E-state index contributed by atoms with van der Waals surface area (Å²) in [6.07, 6.45) is -8.60. The minimum absolute atomic E-state index is 0. The quantitative estimate of drug-likeness (QED) is 0.258. The molecule has 0 bridgehead atoms. The summed E-state index contributed by atoms with van der Waals surface area (Å²) in [5.74, 6) is -0.0722. The van der Waals surface area contributed by atoms with Gasteiger partial charge in [0, 0.05) is 49.4 Å². The Morgan fingerprint density at radius 3 is 1.86 bits per heavy atom. The highest BCUT2D eigenvalue weighted by Gasteiger charge is 2.41. The molecule has 1 aromatic heterocycles. The topological polar surface area (TPSA) is 39.7 Å². The molecule has 1 saturated heterocycles. The second kappa shape index (κ2) is 13.5. The van der Waals surface area contributed by atoms with Gasteiger partial charge in [0.2, 0.25) is 5.91 Å². The molecule has 0 spiro atoms. The highest BCUT2D eigenvalue weighted by molar-refractivity contribution is 6.33. The Balaban J connectivity index is 0.00000323. The number of aromatic nitrogens is 1. The van der Waals surface area contributed by atoms with Crippen LogP contribution in [0.5, 0.6) is 0 Å². The number of alkyl halides is 6. The number of hydrogen-bond acceptors (Lipinski definition) is 4. The number of piperazine rings is 1. The van der Waals surface area contributed by atoms with Gasteiger partial charge in [-0.3, -0.25) is 4.79 Å². The van der Waals surface area contributed by atoms with Crippen molar-refractivity contribution in [2.75, 3.05) is 50.1 Å². The van der Waals surface area contributed by atoms with Gasteiger partial charge in [0.25, 0.3) is 0 Å². The fraction of sp³-hybridized carbons (Fsp3) is 0.379. The van der Waals surface area contributed by atoms with Gasteiger partial charge in [0.15, 0.2) is 0 Å². The minimum atomic E-state index is -5.04. The zero-order valence-electron chi connectivity index (χ0n) is 23.7. The zero-order chi connectivity index (χ0) is 30.3. The van der Waals surface area contributed by atoms with Crippen LogP contribution in [-0.2, 0) is 22.6 Å². The van der Waals surface area contributed by atoms with Gasteiger partial charge in [-0.25, -0.2) is 4.98 Å². The van der Waals surface area contributed by atoms with Crippen LogP contribution in [0.1, 0.15) is 30.5 Å². The molecule has 1 aliphatic heterocycles. The van der Waals surface area contributed by atoms with Crippen molar-refractivity contribution in [1.29, 1.82) is 0 Å². The van der Waals surface area contributed by atoms with Crippen LogP contribution in [0.2, 0.25) is 5.02 Å². The third-order valence-electron chi connectivity index (χ3n) is 7.37. The molecule has 236 valence electrons. The van der Waals surface area contributed by atoms with Crippen LogP contribution in [0.3, 0.4) is 0 Å². The zero-order valence-corrected chi connectivity index (χ0v) is 26.1.